The average molecular weight is 290 g/mol. The zero-order chi connectivity index (χ0) is 13.9. The Morgan fingerprint density at radius 1 is 1.60 bits per heavy atom. The number of imidazole rings is 1. The van der Waals surface area contributed by atoms with E-state index in [4.69, 9.17) is 0 Å². The molecule has 3 heterocycles. The first-order valence-corrected chi connectivity index (χ1v) is 7.61. The highest BCUT2D eigenvalue weighted by atomic mass is 32.1. The van der Waals surface area contributed by atoms with Crippen molar-refractivity contribution in [1.29, 1.82) is 0 Å². The second-order valence-corrected chi connectivity index (χ2v) is 6.16. The van der Waals surface area contributed by atoms with Gasteiger partial charge in [0, 0.05) is 30.7 Å². The number of carbonyl (C=O) groups is 1. The molecule has 0 saturated carbocycles. The Bertz CT molecular complexity index is 578. The third-order valence-electron chi connectivity index (χ3n) is 3.55. The van der Waals surface area contributed by atoms with Gasteiger partial charge in [0.25, 0.3) is 0 Å². The van der Waals surface area contributed by atoms with Gasteiger partial charge in [-0.25, -0.2) is 4.98 Å². The molecular weight excluding hydrogens is 272 g/mol. The van der Waals surface area contributed by atoms with E-state index in [0.29, 0.717) is 6.54 Å². The van der Waals surface area contributed by atoms with Crippen molar-refractivity contribution in [3.05, 3.63) is 40.6 Å². The lowest BCUT2D eigenvalue weighted by molar-refractivity contribution is -0.125. The summed E-state index contributed by atoms with van der Waals surface area (Å²) >= 11 is 1.73. The number of rotatable bonds is 4. The molecule has 0 fully saturated rings. The van der Waals surface area contributed by atoms with E-state index >= 15 is 0 Å². The highest BCUT2D eigenvalue weighted by Crippen LogP contribution is 2.19. The zero-order valence-electron chi connectivity index (χ0n) is 11.5. The fourth-order valence-electron chi connectivity index (χ4n) is 2.55. The molecule has 2 aromatic heterocycles. The van der Waals surface area contributed by atoms with Gasteiger partial charge < -0.3 is 9.88 Å². The van der Waals surface area contributed by atoms with Crippen molar-refractivity contribution in [3.63, 3.8) is 0 Å². The predicted molar refractivity (Wildman–Crippen MR) is 78.6 cm³/mol. The summed E-state index contributed by atoms with van der Waals surface area (Å²) in [6.45, 7) is 2.26. The zero-order valence-corrected chi connectivity index (χ0v) is 12.3. The molecule has 1 aliphatic heterocycles. The van der Waals surface area contributed by atoms with Gasteiger partial charge in [0.15, 0.2) is 0 Å². The van der Waals surface area contributed by atoms with Crippen LogP contribution in [0.25, 0.3) is 0 Å². The molecule has 106 valence electrons. The molecule has 0 unspecified atom stereocenters. The minimum Gasteiger partial charge on any atom is -0.354 e. The molecule has 6 heteroatoms. The smallest absolute Gasteiger partial charge is 0.244 e. The number of nitrogens with zero attached hydrogens (tertiary/aromatic N) is 3. The SMILES string of the molecule is CN1Cc2cncn2[C@H](C(=O)NCCc2cccs2)C1. The normalized spacial score (nSPS) is 18.8. The van der Waals surface area contributed by atoms with Gasteiger partial charge >= 0.3 is 0 Å². The standard InChI is InChI=1S/C14H18N4OS/c1-17-8-11-7-15-10-18(11)13(9-17)14(19)16-5-4-12-3-2-6-20-12/h2-3,6-7,10,13H,4-5,8-9H2,1H3,(H,16,19)/t13-/m0/s1. The molecule has 2 aromatic rings. The second kappa shape index (κ2) is 5.76. The van der Waals surface area contributed by atoms with Gasteiger partial charge in [0.1, 0.15) is 6.04 Å². The van der Waals surface area contributed by atoms with Crippen LogP contribution in [0, 0.1) is 0 Å². The molecule has 0 aromatic carbocycles. The average Bonchev–Trinajstić information content (AvgIpc) is 3.08. The highest BCUT2D eigenvalue weighted by Gasteiger charge is 2.28. The number of nitrogens with one attached hydrogen (secondary N) is 1. The summed E-state index contributed by atoms with van der Waals surface area (Å²) in [7, 11) is 2.03. The lowest BCUT2D eigenvalue weighted by Gasteiger charge is -2.31. The molecule has 0 saturated heterocycles. The Balaban J connectivity index is 1.60. The minimum atomic E-state index is -0.172. The fraction of sp³-hybridized carbons (Fsp3) is 0.429. The van der Waals surface area contributed by atoms with Crippen LogP contribution in [0.2, 0.25) is 0 Å². The Labute approximate surface area is 122 Å². The summed E-state index contributed by atoms with van der Waals surface area (Å²) < 4.78 is 1.99. The quantitative estimate of drug-likeness (QED) is 0.923. The van der Waals surface area contributed by atoms with Crippen LogP contribution < -0.4 is 5.32 Å². The Hall–Kier alpha value is -1.66. The van der Waals surface area contributed by atoms with Crippen LogP contribution in [0.1, 0.15) is 16.6 Å². The second-order valence-electron chi connectivity index (χ2n) is 5.13. The van der Waals surface area contributed by atoms with Crippen molar-refractivity contribution in [2.45, 2.75) is 19.0 Å². The maximum absolute atomic E-state index is 12.3. The molecule has 0 spiro atoms. The van der Waals surface area contributed by atoms with Gasteiger partial charge in [-0.1, -0.05) is 6.07 Å². The number of thiophene rings is 1. The summed E-state index contributed by atoms with van der Waals surface area (Å²) in [6.07, 6.45) is 4.48. The molecule has 20 heavy (non-hydrogen) atoms. The molecule has 1 aliphatic rings. The molecule has 1 amide bonds. The van der Waals surface area contributed by atoms with Crippen LogP contribution >= 0.6 is 11.3 Å². The Morgan fingerprint density at radius 2 is 2.50 bits per heavy atom. The van der Waals surface area contributed by atoms with E-state index in [0.717, 1.165) is 25.2 Å². The molecular formula is C14H18N4OS. The monoisotopic (exact) mass is 290 g/mol. The minimum absolute atomic E-state index is 0.0763. The number of amides is 1. The Morgan fingerprint density at radius 3 is 3.30 bits per heavy atom. The van der Waals surface area contributed by atoms with Gasteiger partial charge in [0.05, 0.1) is 12.0 Å². The third-order valence-corrected chi connectivity index (χ3v) is 4.49. The van der Waals surface area contributed by atoms with Crippen LogP contribution in [0.5, 0.6) is 0 Å². The van der Waals surface area contributed by atoms with Gasteiger partial charge in [-0.15, -0.1) is 11.3 Å². The summed E-state index contributed by atoms with van der Waals surface area (Å²) in [5.41, 5.74) is 1.09. The van der Waals surface area contributed by atoms with E-state index in [1.807, 2.05) is 23.9 Å². The van der Waals surface area contributed by atoms with Crippen molar-refractivity contribution >= 4 is 17.2 Å². The number of aromatic nitrogens is 2. The predicted octanol–water partition coefficient (Wildman–Crippen LogP) is 1.29. The topological polar surface area (TPSA) is 50.2 Å². The molecule has 5 nitrogen and oxygen atoms in total. The van der Waals surface area contributed by atoms with Crippen molar-refractivity contribution in [2.24, 2.45) is 0 Å². The maximum Gasteiger partial charge on any atom is 0.244 e. The van der Waals surface area contributed by atoms with Crippen LogP contribution in [0.3, 0.4) is 0 Å². The highest BCUT2D eigenvalue weighted by molar-refractivity contribution is 7.09. The Kier molecular flexibility index (Phi) is 3.84. The third kappa shape index (κ3) is 2.76. The van der Waals surface area contributed by atoms with Crippen molar-refractivity contribution in [3.8, 4) is 0 Å². The fourth-order valence-corrected chi connectivity index (χ4v) is 3.26. The lowest BCUT2D eigenvalue weighted by Crippen LogP contribution is -2.43. The molecule has 3 rings (SSSR count). The molecule has 0 bridgehead atoms. The number of carbonyl (C=O) groups excluding carboxylic acids is 1. The van der Waals surface area contributed by atoms with Crippen molar-refractivity contribution in [2.75, 3.05) is 20.1 Å². The first-order chi connectivity index (χ1) is 9.74. The van der Waals surface area contributed by atoms with E-state index in [1.54, 1.807) is 17.7 Å². The van der Waals surface area contributed by atoms with Crippen LogP contribution in [0.4, 0.5) is 0 Å². The van der Waals surface area contributed by atoms with Gasteiger partial charge in [-0.2, -0.15) is 0 Å². The molecule has 0 aliphatic carbocycles. The first-order valence-electron chi connectivity index (χ1n) is 6.73. The van der Waals surface area contributed by atoms with Gasteiger partial charge in [-0.3, -0.25) is 9.69 Å². The lowest BCUT2D eigenvalue weighted by atomic mass is 10.2. The summed E-state index contributed by atoms with van der Waals surface area (Å²) in [4.78, 5) is 20.0. The molecule has 1 N–H and O–H groups in total. The van der Waals surface area contributed by atoms with E-state index in [2.05, 4.69) is 26.6 Å². The van der Waals surface area contributed by atoms with E-state index in [1.165, 1.54) is 4.88 Å². The van der Waals surface area contributed by atoms with Crippen LogP contribution in [-0.2, 0) is 17.8 Å². The number of fused-ring (bicyclic) bond motifs is 1. The largest absolute Gasteiger partial charge is 0.354 e. The van der Waals surface area contributed by atoms with Gasteiger partial charge in [0.2, 0.25) is 5.91 Å². The van der Waals surface area contributed by atoms with E-state index in [-0.39, 0.29) is 11.9 Å². The van der Waals surface area contributed by atoms with Crippen molar-refractivity contribution in [1.82, 2.24) is 19.8 Å². The molecule has 1 atom stereocenters. The summed E-state index contributed by atoms with van der Waals surface area (Å²) in [6, 6.07) is 3.96. The van der Waals surface area contributed by atoms with Crippen LogP contribution in [0.15, 0.2) is 30.0 Å². The molecule has 0 radical (unpaired) electrons. The van der Waals surface area contributed by atoms with Crippen molar-refractivity contribution < 1.29 is 4.79 Å². The van der Waals surface area contributed by atoms with Crippen LogP contribution in [-0.4, -0.2) is 40.5 Å². The number of hydrogen-bond donors (Lipinski definition) is 1. The van der Waals surface area contributed by atoms with E-state index < -0.39 is 0 Å². The summed E-state index contributed by atoms with van der Waals surface area (Å²) in [5, 5.41) is 5.09. The maximum atomic E-state index is 12.3. The van der Waals surface area contributed by atoms with Gasteiger partial charge in [-0.05, 0) is 24.9 Å². The number of hydrogen-bond acceptors (Lipinski definition) is 4. The summed E-state index contributed by atoms with van der Waals surface area (Å²) in [5.74, 6) is 0.0763. The van der Waals surface area contributed by atoms with E-state index in [9.17, 15) is 4.79 Å². The number of likely N-dealkylation sites (N-methyl/N-ethyl adjacent to an activating group) is 1. The first kappa shape index (κ1) is 13.3.